The summed E-state index contributed by atoms with van der Waals surface area (Å²) in [4.78, 5) is 2.56. The van der Waals surface area contributed by atoms with Crippen LogP contribution < -0.4 is 5.32 Å². The molecule has 132 valence electrons. The van der Waals surface area contributed by atoms with Gasteiger partial charge in [0.15, 0.2) is 0 Å². The zero-order chi connectivity index (χ0) is 17.5. The van der Waals surface area contributed by atoms with Gasteiger partial charge in [-0.1, -0.05) is 60.1 Å². The maximum Gasteiger partial charge on any atom is 0.0406 e. The van der Waals surface area contributed by atoms with E-state index in [1.165, 1.54) is 11.1 Å². The molecule has 0 aliphatic carbocycles. The molecule has 0 unspecified atom stereocenters. The highest BCUT2D eigenvalue weighted by Crippen LogP contribution is 2.28. The highest BCUT2D eigenvalue weighted by atomic mass is 35.5. The minimum absolute atomic E-state index is 0.161. The summed E-state index contributed by atoms with van der Waals surface area (Å²) >= 11 is 5.98. The van der Waals surface area contributed by atoms with Crippen molar-refractivity contribution >= 4 is 11.6 Å². The quantitative estimate of drug-likeness (QED) is 0.700. The molecular formula is C22H27ClN2. The molecular weight excluding hydrogens is 328 g/mol. The van der Waals surface area contributed by atoms with Crippen LogP contribution in [0.1, 0.15) is 30.4 Å². The van der Waals surface area contributed by atoms with Crippen molar-refractivity contribution in [2.75, 3.05) is 13.1 Å². The van der Waals surface area contributed by atoms with Crippen LogP contribution in [0, 0.1) is 0 Å². The van der Waals surface area contributed by atoms with E-state index >= 15 is 0 Å². The van der Waals surface area contributed by atoms with Gasteiger partial charge >= 0.3 is 0 Å². The summed E-state index contributed by atoms with van der Waals surface area (Å²) in [7, 11) is 0. The average molecular weight is 355 g/mol. The van der Waals surface area contributed by atoms with Crippen LogP contribution in [0.2, 0.25) is 5.02 Å². The Hall–Kier alpha value is -1.61. The highest BCUT2D eigenvalue weighted by Gasteiger charge is 2.32. The molecule has 0 bridgehead atoms. The fourth-order valence-electron chi connectivity index (χ4n) is 3.60. The van der Waals surface area contributed by atoms with Gasteiger partial charge < -0.3 is 5.32 Å². The van der Waals surface area contributed by atoms with E-state index in [9.17, 15) is 0 Å². The third kappa shape index (κ3) is 5.18. The van der Waals surface area contributed by atoms with E-state index in [0.717, 1.165) is 50.5 Å². The molecule has 1 heterocycles. The summed E-state index contributed by atoms with van der Waals surface area (Å²) in [6.07, 6.45) is 5.38. The molecule has 3 heteroatoms. The molecule has 0 radical (unpaired) electrons. The van der Waals surface area contributed by atoms with Crippen LogP contribution in [0.3, 0.4) is 0 Å². The summed E-state index contributed by atoms with van der Waals surface area (Å²) in [6.45, 7) is 8.15. The maximum absolute atomic E-state index is 5.98. The fraction of sp³-hybridized carbons (Fsp3) is 0.364. The average Bonchev–Trinajstić information content (AvgIpc) is 2.64. The molecule has 2 aromatic rings. The minimum atomic E-state index is 0.161. The standard InChI is InChI=1S/C22H27ClN2/c1-2-12-22(24-17-19-8-10-21(23)11-9-19)13-15-25(16-14-22)18-20-6-4-3-5-7-20/h2-11,24H,1,12-18H2. The van der Waals surface area contributed by atoms with Crippen molar-refractivity contribution in [3.05, 3.63) is 83.4 Å². The number of hydrogen-bond acceptors (Lipinski definition) is 2. The molecule has 1 aliphatic rings. The van der Waals surface area contributed by atoms with E-state index in [-0.39, 0.29) is 5.54 Å². The smallest absolute Gasteiger partial charge is 0.0406 e. The Morgan fingerprint density at radius 3 is 2.32 bits per heavy atom. The van der Waals surface area contributed by atoms with Crippen molar-refractivity contribution < 1.29 is 0 Å². The number of benzene rings is 2. The van der Waals surface area contributed by atoms with E-state index < -0.39 is 0 Å². The van der Waals surface area contributed by atoms with Gasteiger partial charge in [0.25, 0.3) is 0 Å². The van der Waals surface area contributed by atoms with E-state index in [1.807, 2.05) is 12.1 Å². The normalized spacial score (nSPS) is 17.3. The second-order valence-electron chi connectivity index (χ2n) is 7.01. The number of rotatable bonds is 7. The van der Waals surface area contributed by atoms with Crippen molar-refractivity contribution in [1.29, 1.82) is 0 Å². The Kier molecular flexibility index (Phi) is 6.30. The lowest BCUT2D eigenvalue weighted by Crippen LogP contribution is -2.52. The molecule has 25 heavy (non-hydrogen) atoms. The van der Waals surface area contributed by atoms with E-state index in [0.29, 0.717) is 0 Å². The lowest BCUT2D eigenvalue weighted by molar-refractivity contribution is 0.129. The number of hydrogen-bond donors (Lipinski definition) is 1. The number of nitrogens with zero attached hydrogens (tertiary/aromatic N) is 1. The third-order valence-corrected chi connectivity index (χ3v) is 5.43. The van der Waals surface area contributed by atoms with E-state index in [4.69, 9.17) is 11.6 Å². The summed E-state index contributed by atoms with van der Waals surface area (Å²) in [5.74, 6) is 0. The number of piperidine rings is 1. The summed E-state index contributed by atoms with van der Waals surface area (Å²) in [5, 5.41) is 4.61. The topological polar surface area (TPSA) is 15.3 Å². The lowest BCUT2D eigenvalue weighted by atomic mass is 9.84. The van der Waals surface area contributed by atoms with Crippen LogP contribution in [0.15, 0.2) is 67.3 Å². The van der Waals surface area contributed by atoms with Crippen LogP contribution >= 0.6 is 11.6 Å². The predicted octanol–water partition coefficient (Wildman–Crippen LogP) is 5.04. The Bertz CT molecular complexity index is 658. The molecule has 0 spiro atoms. The minimum Gasteiger partial charge on any atom is -0.307 e. The zero-order valence-electron chi connectivity index (χ0n) is 14.8. The van der Waals surface area contributed by atoms with Gasteiger partial charge in [-0.05, 0) is 42.5 Å². The summed E-state index contributed by atoms with van der Waals surface area (Å²) in [6, 6.07) is 18.9. The van der Waals surface area contributed by atoms with Crippen LogP contribution in [0.25, 0.3) is 0 Å². The Balaban J connectivity index is 1.56. The van der Waals surface area contributed by atoms with Crippen molar-refractivity contribution in [2.45, 2.75) is 37.9 Å². The van der Waals surface area contributed by atoms with Crippen molar-refractivity contribution in [1.82, 2.24) is 10.2 Å². The van der Waals surface area contributed by atoms with Crippen molar-refractivity contribution in [2.24, 2.45) is 0 Å². The largest absolute Gasteiger partial charge is 0.307 e. The van der Waals surface area contributed by atoms with Gasteiger partial charge in [0.1, 0.15) is 0 Å². The highest BCUT2D eigenvalue weighted by molar-refractivity contribution is 6.30. The number of likely N-dealkylation sites (tertiary alicyclic amines) is 1. The second kappa shape index (κ2) is 8.66. The first-order valence-electron chi connectivity index (χ1n) is 9.06. The number of halogens is 1. The molecule has 1 N–H and O–H groups in total. The van der Waals surface area contributed by atoms with Gasteiger partial charge in [-0.15, -0.1) is 6.58 Å². The molecule has 3 rings (SSSR count). The van der Waals surface area contributed by atoms with Crippen LogP contribution in [0.4, 0.5) is 0 Å². The number of nitrogens with one attached hydrogen (secondary N) is 1. The van der Waals surface area contributed by atoms with Crippen LogP contribution in [-0.4, -0.2) is 23.5 Å². The maximum atomic E-state index is 5.98. The molecule has 2 aromatic carbocycles. The van der Waals surface area contributed by atoms with Gasteiger partial charge in [0.2, 0.25) is 0 Å². The third-order valence-electron chi connectivity index (χ3n) is 5.18. The van der Waals surface area contributed by atoms with Crippen LogP contribution in [-0.2, 0) is 13.1 Å². The first-order chi connectivity index (χ1) is 12.2. The summed E-state index contributed by atoms with van der Waals surface area (Å²) < 4.78 is 0. The fourth-order valence-corrected chi connectivity index (χ4v) is 3.73. The van der Waals surface area contributed by atoms with Gasteiger partial charge in [-0.3, -0.25) is 4.90 Å². The van der Waals surface area contributed by atoms with E-state index in [1.54, 1.807) is 0 Å². The molecule has 1 aliphatic heterocycles. The SMILES string of the molecule is C=CCC1(NCc2ccc(Cl)cc2)CCN(Cc2ccccc2)CC1. The van der Waals surface area contributed by atoms with E-state index in [2.05, 4.69) is 65.3 Å². The van der Waals surface area contributed by atoms with Gasteiger partial charge in [-0.2, -0.15) is 0 Å². The molecule has 2 nitrogen and oxygen atoms in total. The Labute approximate surface area is 156 Å². The second-order valence-corrected chi connectivity index (χ2v) is 7.45. The van der Waals surface area contributed by atoms with Crippen molar-refractivity contribution in [3.8, 4) is 0 Å². The lowest BCUT2D eigenvalue weighted by Gasteiger charge is -2.42. The molecule has 0 saturated carbocycles. The predicted molar refractivity (Wildman–Crippen MR) is 107 cm³/mol. The molecule has 0 atom stereocenters. The Morgan fingerprint density at radius 2 is 1.68 bits per heavy atom. The first-order valence-corrected chi connectivity index (χ1v) is 9.44. The van der Waals surface area contributed by atoms with Gasteiger partial charge in [0, 0.05) is 36.7 Å². The molecule has 0 amide bonds. The van der Waals surface area contributed by atoms with Gasteiger partial charge in [-0.25, -0.2) is 0 Å². The molecule has 0 aromatic heterocycles. The first kappa shape index (κ1) is 18.2. The summed E-state index contributed by atoms with van der Waals surface area (Å²) in [5.41, 5.74) is 2.83. The van der Waals surface area contributed by atoms with Gasteiger partial charge in [0.05, 0.1) is 0 Å². The zero-order valence-corrected chi connectivity index (χ0v) is 15.5. The van der Waals surface area contributed by atoms with Crippen molar-refractivity contribution in [3.63, 3.8) is 0 Å². The molecule has 1 saturated heterocycles. The monoisotopic (exact) mass is 354 g/mol. The Morgan fingerprint density at radius 1 is 1.00 bits per heavy atom. The van der Waals surface area contributed by atoms with Crippen LogP contribution in [0.5, 0.6) is 0 Å². The molecule has 1 fully saturated rings.